The highest BCUT2D eigenvalue weighted by atomic mass is 16.1. The van der Waals surface area contributed by atoms with Gasteiger partial charge in [-0.3, -0.25) is 9.59 Å². The molecule has 2 rings (SSSR count). The van der Waals surface area contributed by atoms with Crippen LogP contribution in [0.5, 0.6) is 0 Å². The van der Waals surface area contributed by atoms with Crippen LogP contribution in [-0.4, -0.2) is 23.2 Å². The van der Waals surface area contributed by atoms with Crippen molar-refractivity contribution in [3.05, 3.63) is 27.7 Å². The smallest absolute Gasteiger partial charge is 0.264 e. The number of carbonyl (C=O) groups excluding carboxylic acids is 1. The van der Waals surface area contributed by atoms with Gasteiger partial charge in [-0.1, -0.05) is 0 Å². The summed E-state index contributed by atoms with van der Waals surface area (Å²) in [6.45, 7) is 0. The maximum absolute atomic E-state index is 11.4. The molecule has 1 atom stereocenters. The summed E-state index contributed by atoms with van der Waals surface area (Å²) in [4.78, 5) is 22.5. The van der Waals surface area contributed by atoms with Crippen molar-refractivity contribution in [1.29, 1.82) is 0 Å². The number of amides is 1. The summed E-state index contributed by atoms with van der Waals surface area (Å²) >= 11 is 0. The first-order valence-corrected chi connectivity index (χ1v) is 5.00. The van der Waals surface area contributed by atoms with Crippen molar-refractivity contribution in [2.75, 3.05) is 7.05 Å². The highest BCUT2D eigenvalue weighted by molar-refractivity contribution is 5.78. The molecule has 0 saturated carbocycles. The number of fused-ring (bicyclic) bond motifs is 1. The number of H-pyrrole nitrogens is 1. The molecule has 1 heterocycles. The lowest BCUT2D eigenvalue weighted by molar-refractivity contribution is -0.124. The summed E-state index contributed by atoms with van der Waals surface area (Å²) < 4.78 is 0. The zero-order valence-electron chi connectivity index (χ0n) is 8.54. The summed E-state index contributed by atoms with van der Waals surface area (Å²) in [5.74, 6) is 0.0204. The van der Waals surface area contributed by atoms with Crippen LogP contribution in [0.25, 0.3) is 0 Å². The number of carbonyl (C=O) groups is 1. The third-order valence-corrected chi connectivity index (χ3v) is 2.79. The Balaban J connectivity index is 2.25. The van der Waals surface area contributed by atoms with Crippen LogP contribution in [0.15, 0.2) is 10.9 Å². The normalized spacial score (nSPS) is 19.4. The van der Waals surface area contributed by atoms with Crippen molar-refractivity contribution in [3.8, 4) is 0 Å². The highest BCUT2D eigenvalue weighted by Crippen LogP contribution is 2.22. The number of nitrogens with zero attached hydrogens (tertiary/aromatic N) is 1. The predicted octanol–water partition coefficient (Wildman–Crippen LogP) is -0.379. The maximum Gasteiger partial charge on any atom is 0.264 e. The zero-order valence-corrected chi connectivity index (χ0v) is 8.54. The molecule has 0 spiro atoms. The fraction of sp³-hybridized carbons (Fsp3) is 0.500. The Morgan fingerprint density at radius 1 is 1.67 bits per heavy atom. The van der Waals surface area contributed by atoms with Gasteiger partial charge in [0.1, 0.15) is 0 Å². The molecule has 1 amide bonds. The van der Waals surface area contributed by atoms with E-state index in [4.69, 9.17) is 0 Å². The number of aromatic amines is 1. The van der Waals surface area contributed by atoms with Crippen LogP contribution < -0.4 is 10.9 Å². The predicted molar refractivity (Wildman–Crippen MR) is 54.4 cm³/mol. The van der Waals surface area contributed by atoms with Crippen molar-refractivity contribution >= 4 is 5.91 Å². The second kappa shape index (κ2) is 3.84. The van der Waals surface area contributed by atoms with Gasteiger partial charge in [0.15, 0.2) is 0 Å². The molecule has 0 aliphatic heterocycles. The third-order valence-electron chi connectivity index (χ3n) is 2.79. The molecule has 2 N–H and O–H groups in total. The molecular formula is C10H13N3O2. The van der Waals surface area contributed by atoms with Crippen LogP contribution >= 0.6 is 0 Å². The monoisotopic (exact) mass is 207 g/mol. The largest absolute Gasteiger partial charge is 0.359 e. The molecule has 0 unspecified atom stereocenters. The summed E-state index contributed by atoms with van der Waals surface area (Å²) in [5.41, 5.74) is 1.61. The number of hydrogen-bond acceptors (Lipinski definition) is 3. The van der Waals surface area contributed by atoms with E-state index in [1.54, 1.807) is 7.05 Å². The van der Waals surface area contributed by atoms with Crippen LogP contribution in [0.1, 0.15) is 17.7 Å². The van der Waals surface area contributed by atoms with Gasteiger partial charge in [-0.2, -0.15) is 5.10 Å². The summed E-state index contributed by atoms with van der Waals surface area (Å²) in [7, 11) is 1.63. The second-order valence-corrected chi connectivity index (χ2v) is 3.76. The first-order chi connectivity index (χ1) is 7.20. The first kappa shape index (κ1) is 9.89. The molecular weight excluding hydrogens is 194 g/mol. The van der Waals surface area contributed by atoms with Gasteiger partial charge in [-0.15, -0.1) is 0 Å². The molecule has 15 heavy (non-hydrogen) atoms. The lowest BCUT2D eigenvalue weighted by atomic mass is 9.86. The maximum atomic E-state index is 11.4. The fourth-order valence-electron chi connectivity index (χ4n) is 1.97. The quantitative estimate of drug-likeness (QED) is 0.659. The summed E-state index contributed by atoms with van der Waals surface area (Å²) in [6, 6.07) is 1.54. The van der Waals surface area contributed by atoms with Crippen LogP contribution in [0.4, 0.5) is 0 Å². The van der Waals surface area contributed by atoms with Gasteiger partial charge in [0, 0.05) is 19.0 Å². The van der Waals surface area contributed by atoms with E-state index in [1.807, 2.05) is 0 Å². The van der Waals surface area contributed by atoms with E-state index in [9.17, 15) is 9.59 Å². The number of aryl methyl sites for hydroxylation is 1. The van der Waals surface area contributed by atoms with Gasteiger partial charge in [-0.25, -0.2) is 5.10 Å². The van der Waals surface area contributed by atoms with Crippen LogP contribution in [0, 0.1) is 5.92 Å². The molecule has 0 fully saturated rings. The molecule has 1 aliphatic rings. The molecule has 1 aliphatic carbocycles. The number of hydrogen-bond donors (Lipinski definition) is 2. The lowest BCUT2D eigenvalue weighted by Gasteiger charge is -2.21. The molecule has 0 radical (unpaired) electrons. The van der Waals surface area contributed by atoms with Gasteiger partial charge in [0.25, 0.3) is 5.56 Å². The van der Waals surface area contributed by atoms with Gasteiger partial charge in [0.2, 0.25) is 5.91 Å². The van der Waals surface area contributed by atoms with E-state index >= 15 is 0 Å². The number of rotatable bonds is 1. The van der Waals surface area contributed by atoms with Gasteiger partial charge in [-0.05, 0) is 24.8 Å². The molecule has 1 aromatic heterocycles. The Morgan fingerprint density at radius 3 is 3.20 bits per heavy atom. The standard InChI is InChI=1S/C10H13N3O2/c1-11-10(15)6-2-3-8-7(4-6)5-9(14)13-12-8/h5-6H,2-4H2,1H3,(H,11,15)(H,13,14)/t6-/m0/s1. The molecule has 80 valence electrons. The Bertz CT molecular complexity index is 439. The van der Waals surface area contributed by atoms with E-state index in [0.717, 1.165) is 24.1 Å². The zero-order chi connectivity index (χ0) is 10.8. The van der Waals surface area contributed by atoms with Crippen molar-refractivity contribution in [3.63, 3.8) is 0 Å². The van der Waals surface area contributed by atoms with Gasteiger partial charge in [0.05, 0.1) is 5.69 Å². The highest BCUT2D eigenvalue weighted by Gasteiger charge is 2.24. The van der Waals surface area contributed by atoms with E-state index < -0.39 is 0 Å². The Morgan fingerprint density at radius 2 is 2.47 bits per heavy atom. The Kier molecular flexibility index (Phi) is 2.53. The second-order valence-electron chi connectivity index (χ2n) is 3.76. The molecule has 0 saturated heterocycles. The SMILES string of the molecule is CNC(=O)[C@H]1CCc2n[nH]c(=O)cc2C1. The van der Waals surface area contributed by atoms with E-state index in [0.29, 0.717) is 6.42 Å². The number of nitrogens with one attached hydrogen (secondary N) is 2. The Labute approximate surface area is 86.9 Å². The van der Waals surface area contributed by atoms with Gasteiger partial charge < -0.3 is 5.32 Å². The molecule has 5 nitrogen and oxygen atoms in total. The number of aromatic nitrogens is 2. The Hall–Kier alpha value is -1.65. The van der Waals surface area contributed by atoms with E-state index in [1.165, 1.54) is 6.07 Å². The topological polar surface area (TPSA) is 74.8 Å². The first-order valence-electron chi connectivity index (χ1n) is 5.00. The van der Waals surface area contributed by atoms with Crippen molar-refractivity contribution < 1.29 is 4.79 Å². The molecule has 0 bridgehead atoms. The minimum Gasteiger partial charge on any atom is -0.359 e. The van der Waals surface area contributed by atoms with Gasteiger partial charge >= 0.3 is 0 Å². The minimum atomic E-state index is -0.202. The van der Waals surface area contributed by atoms with E-state index in [2.05, 4.69) is 15.5 Å². The van der Waals surface area contributed by atoms with Crippen molar-refractivity contribution in [2.45, 2.75) is 19.3 Å². The van der Waals surface area contributed by atoms with Crippen LogP contribution in [0.3, 0.4) is 0 Å². The lowest BCUT2D eigenvalue weighted by Crippen LogP contribution is -2.32. The van der Waals surface area contributed by atoms with E-state index in [-0.39, 0.29) is 17.4 Å². The molecule has 5 heteroatoms. The third kappa shape index (κ3) is 1.91. The fourth-order valence-corrected chi connectivity index (χ4v) is 1.97. The summed E-state index contributed by atoms with van der Waals surface area (Å²) in [6.07, 6.45) is 2.17. The average molecular weight is 207 g/mol. The van der Waals surface area contributed by atoms with Crippen molar-refractivity contribution in [1.82, 2.24) is 15.5 Å². The molecule has 1 aromatic rings. The summed E-state index contributed by atoms with van der Waals surface area (Å²) in [5, 5.41) is 9.02. The average Bonchev–Trinajstić information content (AvgIpc) is 2.27. The van der Waals surface area contributed by atoms with Crippen molar-refractivity contribution in [2.24, 2.45) is 5.92 Å². The van der Waals surface area contributed by atoms with Crippen LogP contribution in [-0.2, 0) is 17.6 Å². The van der Waals surface area contributed by atoms with Crippen LogP contribution in [0.2, 0.25) is 0 Å². The molecule has 0 aromatic carbocycles. The minimum absolute atomic E-state index is 0.0221.